The lowest BCUT2D eigenvalue weighted by Gasteiger charge is -2.33. The van der Waals surface area contributed by atoms with Crippen molar-refractivity contribution in [1.29, 1.82) is 0 Å². The van der Waals surface area contributed by atoms with Crippen molar-refractivity contribution in [3.8, 4) is 39.5 Å². The van der Waals surface area contributed by atoms with Crippen molar-refractivity contribution in [2.75, 3.05) is 19.5 Å². The molecule has 3 aromatic heterocycles. The predicted molar refractivity (Wildman–Crippen MR) is 275 cm³/mol. The summed E-state index contributed by atoms with van der Waals surface area (Å²) in [6, 6.07) is 23.0. The van der Waals surface area contributed by atoms with Crippen LogP contribution in [0.1, 0.15) is 112 Å². The van der Waals surface area contributed by atoms with Gasteiger partial charge in [0.1, 0.15) is 23.2 Å². The number of carbonyl (C=O) groups excluding carboxylic acids is 2. The van der Waals surface area contributed by atoms with Gasteiger partial charge in [-0.1, -0.05) is 42.5 Å². The van der Waals surface area contributed by atoms with Crippen LogP contribution in [0, 0.1) is 53.0 Å². The molecule has 6 aliphatic rings. The molecule has 0 radical (unpaired) electrons. The van der Waals surface area contributed by atoms with Crippen LogP contribution in [0.5, 0.6) is 5.75 Å². The number of aliphatic carboxylic acids is 1. The van der Waals surface area contributed by atoms with Gasteiger partial charge in [0.25, 0.3) is 0 Å². The van der Waals surface area contributed by atoms with Crippen LogP contribution in [-0.4, -0.2) is 65.8 Å². The highest BCUT2D eigenvalue weighted by Crippen LogP contribution is 2.51. The molecule has 3 aliphatic heterocycles. The quantitative estimate of drug-likeness (QED) is 0.142. The van der Waals surface area contributed by atoms with E-state index in [4.69, 9.17) is 14.6 Å². The third kappa shape index (κ3) is 9.30. The normalized spacial score (nSPS) is 24.6. The van der Waals surface area contributed by atoms with Gasteiger partial charge in [-0.25, -0.2) is 28.1 Å². The van der Waals surface area contributed by atoms with Gasteiger partial charge in [0.15, 0.2) is 0 Å². The molecule has 0 bridgehead atoms. The smallest absolute Gasteiger partial charge is 0.308 e. The van der Waals surface area contributed by atoms with Gasteiger partial charge in [-0.05, 0) is 125 Å². The summed E-state index contributed by atoms with van der Waals surface area (Å²) >= 11 is 0. The summed E-state index contributed by atoms with van der Waals surface area (Å²) in [5.41, 5.74) is 8.79. The minimum absolute atomic E-state index is 0.0118. The van der Waals surface area contributed by atoms with Crippen LogP contribution in [0.4, 0.5) is 18.9 Å². The van der Waals surface area contributed by atoms with Crippen molar-refractivity contribution < 1.29 is 42.1 Å². The highest BCUT2D eigenvalue weighted by Gasteiger charge is 2.42. The summed E-state index contributed by atoms with van der Waals surface area (Å²) in [5, 5.41) is 12.2. The first kappa shape index (κ1) is 49.7. The van der Waals surface area contributed by atoms with Gasteiger partial charge in [-0.3, -0.25) is 14.4 Å². The Kier molecular flexibility index (Phi) is 13.9. The Morgan fingerprint density at radius 3 is 1.31 bits per heavy atom. The number of halogens is 3. The van der Waals surface area contributed by atoms with E-state index in [2.05, 4.69) is 34.0 Å². The predicted octanol–water partition coefficient (Wildman–Crippen LogP) is 12.1. The van der Waals surface area contributed by atoms with Crippen LogP contribution in [-0.2, 0) is 19.1 Å². The van der Waals surface area contributed by atoms with Gasteiger partial charge in [-0.2, -0.15) is 0 Å². The summed E-state index contributed by atoms with van der Waals surface area (Å²) < 4.78 is 60.0. The molecule has 0 saturated heterocycles. The molecule has 6 heterocycles. The fourth-order valence-electron chi connectivity index (χ4n) is 13.4. The molecule has 0 unspecified atom stereocenters. The van der Waals surface area contributed by atoms with E-state index in [1.54, 1.807) is 62.8 Å². The number of anilines is 1. The van der Waals surface area contributed by atoms with E-state index in [-0.39, 0.29) is 77.0 Å². The van der Waals surface area contributed by atoms with E-state index in [9.17, 15) is 27.6 Å². The monoisotopic (exact) mass is 1020 g/mol. The number of methoxy groups -OCH3 is 2. The average Bonchev–Trinajstić information content (AvgIpc) is 4.31. The number of fused-ring (bicyclic) bond motifs is 9. The number of amides is 1. The number of rotatable bonds is 8. The van der Waals surface area contributed by atoms with Crippen molar-refractivity contribution >= 4 is 23.5 Å². The highest BCUT2D eigenvalue weighted by molar-refractivity contribution is 5.92. The van der Waals surface area contributed by atoms with Gasteiger partial charge >= 0.3 is 11.9 Å². The number of carbonyl (C=O) groups is 3. The molecule has 75 heavy (non-hydrogen) atoms. The van der Waals surface area contributed by atoms with Crippen LogP contribution in [0.25, 0.3) is 33.8 Å². The van der Waals surface area contributed by atoms with Gasteiger partial charge in [0.05, 0.1) is 98.8 Å². The summed E-state index contributed by atoms with van der Waals surface area (Å²) in [7, 11) is 3.05. The topological polar surface area (TPSA) is 155 Å². The molecule has 3 atom stereocenters. The number of esters is 1. The van der Waals surface area contributed by atoms with E-state index < -0.39 is 5.97 Å². The lowest BCUT2D eigenvalue weighted by molar-refractivity contribution is -0.147. The summed E-state index contributed by atoms with van der Waals surface area (Å²) in [5.74, 6) is 0.0379. The number of benzene rings is 4. The standard InChI is InChI=1S/C24H24FN3O2.C18H19FN2O2.C17H17FN2O2/c1-30-18-5-2-4-17(12-18)27-24(29)16-10-8-15(9-11-16)23-22-19(6-3-7-20(22)25)21-13-26-14-28(21)23;1-23-18(22)12-7-5-11(6-8-12)17-16-13(3-2-4-14(16)19)15-9-20-10-21(15)17;18-13-3-1-2-12-14-8-19-9-20(14)16(15(12)13)10-4-6-11(7-5-10)17(21)22/h2-7,12-16,23H,8-11H2,1H3,(H,27,29);2-4,9-12,17H,5-8H2,1H3;1-3,8-11,16H,4-7H2,(H,21,22)/t15?,16?,23-;11?,12?,17-;10?,11?,16-/m111/s1. The van der Waals surface area contributed by atoms with Gasteiger partial charge < -0.3 is 33.6 Å². The largest absolute Gasteiger partial charge is 0.497 e. The molecule has 13 nitrogen and oxygen atoms in total. The molecule has 0 spiro atoms. The average molecular weight is 1020 g/mol. The zero-order valence-electron chi connectivity index (χ0n) is 42.0. The second-order valence-corrected chi connectivity index (χ2v) is 20.9. The van der Waals surface area contributed by atoms with Crippen LogP contribution in [0.3, 0.4) is 0 Å². The van der Waals surface area contributed by atoms with Crippen LogP contribution < -0.4 is 10.1 Å². The van der Waals surface area contributed by atoms with Crippen LogP contribution in [0.15, 0.2) is 116 Å². The summed E-state index contributed by atoms with van der Waals surface area (Å²) in [4.78, 5) is 48.3. The molecule has 2 N–H and O–H groups in total. The molecule has 16 heteroatoms. The first-order valence-corrected chi connectivity index (χ1v) is 26.2. The van der Waals surface area contributed by atoms with Gasteiger partial charge in [0, 0.05) is 51.1 Å². The maximum absolute atomic E-state index is 14.7. The summed E-state index contributed by atoms with van der Waals surface area (Å²) in [6.07, 6.45) is 20.5. The fraction of sp³-hybridized carbons (Fsp3) is 0.390. The molecule has 13 rings (SSSR count). The number of aromatic nitrogens is 6. The second-order valence-electron chi connectivity index (χ2n) is 20.9. The molecule has 388 valence electrons. The van der Waals surface area contributed by atoms with Gasteiger partial charge in [0.2, 0.25) is 5.91 Å². The molecular weight excluding hydrogens is 960 g/mol. The Morgan fingerprint density at radius 1 is 0.533 bits per heavy atom. The maximum atomic E-state index is 14.7. The number of carboxylic acids is 1. The minimum atomic E-state index is -0.709. The van der Waals surface area contributed by atoms with Crippen molar-refractivity contribution in [2.24, 2.45) is 35.5 Å². The Hall–Kier alpha value is -7.49. The third-order valence-electron chi connectivity index (χ3n) is 17.0. The number of hydrogen-bond donors (Lipinski definition) is 2. The number of nitrogens with zero attached hydrogens (tertiary/aromatic N) is 6. The summed E-state index contributed by atoms with van der Waals surface area (Å²) in [6.45, 7) is 0. The number of ether oxygens (including phenoxy) is 2. The van der Waals surface area contributed by atoms with E-state index in [1.165, 1.54) is 19.2 Å². The van der Waals surface area contributed by atoms with Crippen molar-refractivity contribution in [3.63, 3.8) is 0 Å². The molecule has 4 aromatic carbocycles. The van der Waals surface area contributed by atoms with Crippen LogP contribution in [0.2, 0.25) is 0 Å². The van der Waals surface area contributed by atoms with E-state index in [1.807, 2.05) is 48.7 Å². The maximum Gasteiger partial charge on any atom is 0.308 e. The first-order valence-electron chi connectivity index (χ1n) is 26.2. The lowest BCUT2D eigenvalue weighted by Crippen LogP contribution is -2.30. The number of hydrogen-bond acceptors (Lipinski definition) is 8. The number of nitrogens with one attached hydrogen (secondary N) is 1. The molecule has 3 aliphatic carbocycles. The molecule has 3 fully saturated rings. The first-order chi connectivity index (χ1) is 36.5. The number of carboxylic acid groups (broad SMARTS) is 1. The van der Waals surface area contributed by atoms with E-state index in [0.717, 1.165) is 126 Å². The zero-order valence-corrected chi connectivity index (χ0v) is 42.0. The van der Waals surface area contributed by atoms with Crippen molar-refractivity contribution in [1.82, 2.24) is 28.7 Å². The molecule has 3 saturated carbocycles. The SMILES string of the molecule is COC(=O)C1CCC([C@@H]2c3c(F)cccc3-c3cncn32)CC1.COc1cccc(NC(=O)C2CCC([C@@H]3c4c(F)cccc4-c4cncn43)CC2)c1.O=C(O)C1CCC([C@@H]2c3c(F)cccc3-c3cncn32)CC1. The van der Waals surface area contributed by atoms with Crippen molar-refractivity contribution in [2.45, 2.75) is 95.2 Å². The Labute approximate surface area is 433 Å². The van der Waals surface area contributed by atoms with E-state index >= 15 is 0 Å². The number of imidazole rings is 3. The Bertz CT molecular complexity index is 3230. The molecule has 7 aromatic rings. The molecular formula is C59H60F3N7O6. The zero-order chi connectivity index (χ0) is 51.9. The van der Waals surface area contributed by atoms with Crippen molar-refractivity contribution in [3.05, 3.63) is 151 Å². The molecule has 1 amide bonds. The second kappa shape index (κ2) is 21.0. The third-order valence-corrected chi connectivity index (χ3v) is 17.0. The Balaban J connectivity index is 0.000000122. The lowest BCUT2D eigenvalue weighted by atomic mass is 9.76. The Morgan fingerprint density at radius 2 is 0.920 bits per heavy atom. The van der Waals surface area contributed by atoms with E-state index in [0.29, 0.717) is 18.8 Å². The minimum Gasteiger partial charge on any atom is -0.497 e. The van der Waals surface area contributed by atoms with Crippen LogP contribution >= 0.6 is 0 Å². The highest BCUT2D eigenvalue weighted by atomic mass is 19.1. The fourth-order valence-corrected chi connectivity index (χ4v) is 13.4. The van der Waals surface area contributed by atoms with Gasteiger partial charge in [-0.15, -0.1) is 0 Å².